The first kappa shape index (κ1) is 22.6. The third-order valence-electron chi connectivity index (χ3n) is 5.55. The third kappa shape index (κ3) is 5.97. The van der Waals surface area contributed by atoms with Crippen molar-refractivity contribution in [1.82, 2.24) is 14.9 Å². The molecule has 1 aliphatic heterocycles. The molecule has 30 heavy (non-hydrogen) atoms. The Morgan fingerprint density at radius 2 is 2.17 bits per heavy atom. The molecule has 3 rings (SSSR count). The van der Waals surface area contributed by atoms with E-state index in [1.807, 2.05) is 12.1 Å². The molecular weight excluding hydrogens is 407 g/mol. The Bertz CT molecular complexity index is 830. The number of pyridine rings is 2. The first-order valence-electron chi connectivity index (χ1n) is 10.2. The van der Waals surface area contributed by atoms with Crippen molar-refractivity contribution in [2.75, 3.05) is 31.5 Å². The van der Waals surface area contributed by atoms with Gasteiger partial charge >= 0.3 is 0 Å². The van der Waals surface area contributed by atoms with Gasteiger partial charge in [-0.3, -0.25) is 9.97 Å². The highest BCUT2D eigenvalue weighted by Gasteiger charge is 2.37. The van der Waals surface area contributed by atoms with Crippen molar-refractivity contribution in [3.05, 3.63) is 53.1 Å². The number of piperidine rings is 1. The molecule has 1 atom stereocenters. The summed E-state index contributed by atoms with van der Waals surface area (Å²) in [4.78, 5) is 22.0. The molecule has 0 radical (unpaired) electrons. The molecule has 0 bridgehead atoms. The Hall–Kier alpha value is -2.09. The van der Waals surface area contributed by atoms with Gasteiger partial charge in [0.05, 0.1) is 28.2 Å². The Morgan fingerprint density at radius 1 is 1.37 bits per heavy atom. The third-order valence-corrected chi connectivity index (χ3v) is 5.89. The molecular formula is C22H28ClFN4O2. The van der Waals surface area contributed by atoms with E-state index in [1.165, 1.54) is 0 Å². The molecule has 0 saturated carbocycles. The number of rotatable bonds is 10. The lowest BCUT2D eigenvalue weighted by molar-refractivity contribution is -0.137. The second-order valence-electron chi connectivity index (χ2n) is 7.69. The van der Waals surface area contributed by atoms with Crippen molar-refractivity contribution in [3.8, 4) is 0 Å². The molecule has 1 aliphatic rings. The summed E-state index contributed by atoms with van der Waals surface area (Å²) in [6.07, 6.45) is 7.58. The molecule has 2 aromatic rings. The van der Waals surface area contributed by atoms with Crippen molar-refractivity contribution < 1.29 is 13.9 Å². The maximum Gasteiger partial charge on any atom is 0.148 e. The topological polar surface area (TPSA) is 67.3 Å². The minimum atomic E-state index is -0.562. The van der Waals surface area contributed by atoms with Crippen LogP contribution in [0.15, 0.2) is 36.8 Å². The van der Waals surface area contributed by atoms with Crippen molar-refractivity contribution in [3.63, 3.8) is 0 Å². The van der Waals surface area contributed by atoms with Crippen LogP contribution in [0.1, 0.15) is 31.0 Å². The van der Waals surface area contributed by atoms with E-state index in [2.05, 4.69) is 20.2 Å². The van der Waals surface area contributed by atoms with E-state index >= 15 is 0 Å². The average Bonchev–Trinajstić information content (AvgIpc) is 2.78. The summed E-state index contributed by atoms with van der Waals surface area (Å²) in [5.41, 5.74) is 1.63. The van der Waals surface area contributed by atoms with E-state index in [0.29, 0.717) is 22.8 Å². The zero-order valence-electron chi connectivity index (χ0n) is 17.2. The van der Waals surface area contributed by atoms with Crippen LogP contribution in [0.3, 0.4) is 0 Å². The normalized spacial score (nSPS) is 17.4. The highest BCUT2D eigenvalue weighted by molar-refractivity contribution is 6.31. The summed E-state index contributed by atoms with van der Waals surface area (Å²) in [6.45, 7) is 4.21. The highest BCUT2D eigenvalue weighted by Crippen LogP contribution is 2.29. The van der Waals surface area contributed by atoms with Crippen LogP contribution >= 0.6 is 11.6 Å². The molecule has 1 unspecified atom stereocenters. The molecule has 6 nitrogen and oxygen atoms in total. The van der Waals surface area contributed by atoms with Gasteiger partial charge in [0.25, 0.3) is 0 Å². The number of nitrogens with zero attached hydrogens (tertiary/aromatic N) is 3. The number of halogens is 2. The smallest absolute Gasteiger partial charge is 0.148 e. The van der Waals surface area contributed by atoms with Crippen molar-refractivity contribution in [1.29, 1.82) is 0 Å². The van der Waals surface area contributed by atoms with Gasteiger partial charge in [-0.15, -0.1) is 0 Å². The van der Waals surface area contributed by atoms with Gasteiger partial charge < -0.3 is 19.7 Å². The van der Waals surface area contributed by atoms with Gasteiger partial charge in [-0.1, -0.05) is 11.6 Å². The Labute approximate surface area is 181 Å². The average molecular weight is 435 g/mol. The summed E-state index contributed by atoms with van der Waals surface area (Å²) in [6, 6.07) is 5.35. The quantitative estimate of drug-likeness (QED) is 0.575. The number of hydrogen-bond donors (Lipinski definition) is 1. The zero-order valence-corrected chi connectivity index (χ0v) is 17.9. The van der Waals surface area contributed by atoms with Crippen LogP contribution in [-0.2, 0) is 22.6 Å². The molecule has 0 amide bonds. The molecule has 0 spiro atoms. The molecule has 3 heterocycles. The van der Waals surface area contributed by atoms with Crippen molar-refractivity contribution >= 4 is 23.6 Å². The molecule has 8 heteroatoms. The Morgan fingerprint density at radius 3 is 2.87 bits per heavy atom. The number of aldehydes is 1. The van der Waals surface area contributed by atoms with E-state index in [1.54, 1.807) is 31.6 Å². The molecule has 1 saturated heterocycles. The van der Waals surface area contributed by atoms with Crippen molar-refractivity contribution in [2.45, 2.75) is 44.6 Å². The molecule has 1 fully saturated rings. The molecule has 162 valence electrons. The monoisotopic (exact) mass is 434 g/mol. The first-order valence-corrected chi connectivity index (χ1v) is 10.6. The van der Waals surface area contributed by atoms with E-state index < -0.39 is 18.4 Å². The maximum absolute atomic E-state index is 13.2. The zero-order chi connectivity index (χ0) is 21.4. The highest BCUT2D eigenvalue weighted by atomic mass is 35.5. The molecule has 1 N–H and O–H groups in total. The summed E-state index contributed by atoms with van der Waals surface area (Å²) in [7, 11) is 0. The number of alkyl halides is 1. The fourth-order valence-electron chi connectivity index (χ4n) is 3.76. The number of aromatic nitrogens is 2. The summed E-state index contributed by atoms with van der Waals surface area (Å²) in [5.74, 6) is 0. The minimum absolute atomic E-state index is 0.490. The van der Waals surface area contributed by atoms with E-state index in [9.17, 15) is 9.18 Å². The fraction of sp³-hybridized carbons (Fsp3) is 0.500. The predicted octanol–water partition coefficient (Wildman–Crippen LogP) is 3.69. The van der Waals surface area contributed by atoms with Crippen LogP contribution in [0.2, 0.25) is 5.02 Å². The molecule has 0 aromatic carbocycles. The van der Waals surface area contributed by atoms with Crippen molar-refractivity contribution in [2.24, 2.45) is 0 Å². The Balaban J connectivity index is 1.60. The van der Waals surface area contributed by atoms with Gasteiger partial charge in [0.15, 0.2) is 0 Å². The van der Waals surface area contributed by atoms with Gasteiger partial charge in [0, 0.05) is 50.6 Å². The number of carbonyl (C=O) groups is 1. The second-order valence-corrected chi connectivity index (χ2v) is 8.09. The van der Waals surface area contributed by atoms with Gasteiger partial charge in [0.2, 0.25) is 0 Å². The maximum atomic E-state index is 13.2. The lowest BCUT2D eigenvalue weighted by Crippen LogP contribution is -2.51. The SMILES string of the molecule is CC(C=O)OC1(CNc2cnccc2CF)CCN(CCc2ncccc2Cl)CC1. The predicted molar refractivity (Wildman–Crippen MR) is 116 cm³/mol. The minimum Gasteiger partial charge on any atom is -0.381 e. The Kier molecular flexibility index (Phi) is 8.13. The van der Waals surface area contributed by atoms with Gasteiger partial charge in [-0.2, -0.15) is 0 Å². The van der Waals surface area contributed by atoms with Crippen LogP contribution in [0.25, 0.3) is 0 Å². The lowest BCUT2D eigenvalue weighted by Gasteiger charge is -2.43. The largest absolute Gasteiger partial charge is 0.381 e. The number of carbonyl (C=O) groups excluding carboxylic acids is 1. The van der Waals surface area contributed by atoms with E-state index in [-0.39, 0.29) is 0 Å². The summed E-state index contributed by atoms with van der Waals surface area (Å²) >= 11 is 6.21. The van der Waals surface area contributed by atoms with E-state index in [4.69, 9.17) is 16.3 Å². The number of nitrogens with one attached hydrogen (secondary N) is 1. The van der Waals surface area contributed by atoms with Crippen LogP contribution in [0.4, 0.5) is 10.1 Å². The summed E-state index contributed by atoms with van der Waals surface area (Å²) in [5, 5.41) is 3.99. The van der Waals surface area contributed by atoms with E-state index in [0.717, 1.165) is 50.9 Å². The number of ether oxygens (including phenoxy) is 1. The van der Waals surface area contributed by atoms with Crippen LogP contribution in [-0.4, -0.2) is 59.0 Å². The number of anilines is 1. The molecule has 0 aliphatic carbocycles. The van der Waals surface area contributed by atoms with Gasteiger partial charge in [-0.25, -0.2) is 4.39 Å². The van der Waals surface area contributed by atoms with Gasteiger partial charge in [0.1, 0.15) is 19.1 Å². The second kappa shape index (κ2) is 10.8. The van der Waals surface area contributed by atoms with Crippen LogP contribution < -0.4 is 5.32 Å². The number of hydrogen-bond acceptors (Lipinski definition) is 6. The lowest BCUT2D eigenvalue weighted by atomic mass is 9.90. The first-order chi connectivity index (χ1) is 14.5. The number of likely N-dealkylation sites (tertiary alicyclic amines) is 1. The van der Waals surface area contributed by atoms with Crippen LogP contribution in [0.5, 0.6) is 0 Å². The van der Waals surface area contributed by atoms with Crippen LogP contribution in [0, 0.1) is 0 Å². The molecule has 2 aromatic heterocycles. The fourth-order valence-corrected chi connectivity index (χ4v) is 3.98. The van der Waals surface area contributed by atoms with Gasteiger partial charge in [-0.05, 0) is 38.0 Å². The summed E-state index contributed by atoms with van der Waals surface area (Å²) < 4.78 is 19.4. The standard InChI is InChI=1S/C22H28ClFN4O2/c1-17(15-29)30-22(16-27-21-14-25-9-4-18(21)13-24)6-11-28(12-7-22)10-5-20-19(23)3-2-8-26-20/h2-4,8-9,14-15,17,27H,5-7,10-13,16H2,1H3.